The molecule has 0 aliphatic heterocycles. The van der Waals surface area contributed by atoms with Crippen LogP contribution in [-0.4, -0.2) is 40.2 Å². The molecule has 1 N–H and O–H groups in total. The minimum absolute atomic E-state index is 0.0901. The molecule has 0 aliphatic carbocycles. The van der Waals surface area contributed by atoms with Crippen molar-refractivity contribution in [2.45, 2.75) is 26.2 Å². The Morgan fingerprint density at radius 2 is 1.70 bits per heavy atom. The van der Waals surface area contributed by atoms with E-state index in [4.69, 9.17) is 11.6 Å². The van der Waals surface area contributed by atoms with Crippen LogP contribution in [0, 0.1) is 0 Å². The highest BCUT2D eigenvalue weighted by molar-refractivity contribution is 7.92. The second-order valence-corrected chi connectivity index (χ2v) is 10.1. The summed E-state index contributed by atoms with van der Waals surface area (Å²) in [6.07, 6.45) is 1.03. The minimum Gasteiger partial charge on any atom is -0.465 e. The third kappa shape index (κ3) is 5.96. The molecule has 1 amide bonds. The first-order valence-corrected chi connectivity index (χ1v) is 11.3. The molecular weight excluding hydrogens is 428 g/mol. The molecule has 0 saturated carbocycles. The van der Waals surface area contributed by atoms with Crippen LogP contribution in [0.1, 0.15) is 36.7 Å². The number of nitrogens with zero attached hydrogens (tertiary/aromatic N) is 1. The molecule has 0 heterocycles. The van der Waals surface area contributed by atoms with E-state index >= 15 is 0 Å². The first-order chi connectivity index (χ1) is 13.8. The lowest BCUT2D eigenvalue weighted by atomic mass is 9.87. The van der Waals surface area contributed by atoms with Gasteiger partial charge < -0.3 is 10.1 Å². The first-order valence-electron chi connectivity index (χ1n) is 9.09. The Labute approximate surface area is 182 Å². The summed E-state index contributed by atoms with van der Waals surface area (Å²) in [4.78, 5) is 24.3. The van der Waals surface area contributed by atoms with Crippen LogP contribution in [-0.2, 0) is 25.0 Å². The van der Waals surface area contributed by atoms with Crippen LogP contribution in [0.2, 0.25) is 5.02 Å². The summed E-state index contributed by atoms with van der Waals surface area (Å²) in [5.41, 5.74) is 1.70. The average Bonchev–Trinajstić information content (AvgIpc) is 2.65. The molecule has 9 heteroatoms. The van der Waals surface area contributed by atoms with Crippen molar-refractivity contribution in [2.75, 3.05) is 29.5 Å². The number of ether oxygens (including phenoxy) is 1. The van der Waals surface area contributed by atoms with Crippen molar-refractivity contribution in [1.29, 1.82) is 0 Å². The number of carbonyl (C=O) groups excluding carboxylic acids is 2. The molecule has 2 rings (SSSR count). The van der Waals surface area contributed by atoms with Gasteiger partial charge in [0.25, 0.3) is 0 Å². The molecule has 0 aliphatic rings. The monoisotopic (exact) mass is 452 g/mol. The van der Waals surface area contributed by atoms with Crippen molar-refractivity contribution in [3.8, 4) is 0 Å². The van der Waals surface area contributed by atoms with Gasteiger partial charge in [-0.05, 0) is 41.3 Å². The maximum atomic E-state index is 12.6. The second-order valence-electron chi connectivity index (χ2n) is 7.80. The minimum atomic E-state index is -3.72. The van der Waals surface area contributed by atoms with Crippen LogP contribution in [0.5, 0.6) is 0 Å². The lowest BCUT2D eigenvalue weighted by Crippen LogP contribution is -2.37. The maximum absolute atomic E-state index is 12.6. The number of hydrogen-bond donors (Lipinski definition) is 1. The van der Waals surface area contributed by atoms with Gasteiger partial charge in [0.1, 0.15) is 6.54 Å². The third-order valence-corrected chi connectivity index (χ3v) is 5.84. The molecule has 162 valence electrons. The topological polar surface area (TPSA) is 92.8 Å². The van der Waals surface area contributed by atoms with Gasteiger partial charge in [0.15, 0.2) is 0 Å². The summed E-state index contributed by atoms with van der Waals surface area (Å²) < 4.78 is 30.3. The summed E-state index contributed by atoms with van der Waals surface area (Å²) in [5.74, 6) is -1.19. The van der Waals surface area contributed by atoms with Gasteiger partial charge >= 0.3 is 5.97 Å². The number of halogens is 1. The second kappa shape index (κ2) is 9.06. The lowest BCUT2D eigenvalue weighted by molar-refractivity contribution is -0.114. The maximum Gasteiger partial charge on any atom is 0.337 e. The molecule has 2 aromatic carbocycles. The van der Waals surface area contributed by atoms with Gasteiger partial charge in [-0.25, -0.2) is 13.2 Å². The molecule has 0 fully saturated rings. The van der Waals surface area contributed by atoms with Gasteiger partial charge in [-0.15, -0.1) is 0 Å². The Balaban J connectivity index is 2.26. The van der Waals surface area contributed by atoms with Gasteiger partial charge in [-0.1, -0.05) is 44.5 Å². The van der Waals surface area contributed by atoms with Crippen molar-refractivity contribution < 1.29 is 22.7 Å². The highest BCUT2D eigenvalue weighted by Crippen LogP contribution is 2.27. The zero-order valence-corrected chi connectivity index (χ0v) is 19.1. The molecular formula is C21H25ClN2O5S. The molecule has 0 aromatic heterocycles. The summed E-state index contributed by atoms with van der Waals surface area (Å²) in [5, 5.41) is 2.76. The number of methoxy groups -OCH3 is 1. The van der Waals surface area contributed by atoms with E-state index < -0.39 is 28.4 Å². The van der Waals surface area contributed by atoms with Crippen LogP contribution in [0.25, 0.3) is 0 Å². The van der Waals surface area contributed by atoms with Crippen LogP contribution in [0.3, 0.4) is 0 Å². The van der Waals surface area contributed by atoms with Gasteiger partial charge in [-0.2, -0.15) is 0 Å². The predicted molar refractivity (Wildman–Crippen MR) is 119 cm³/mol. The van der Waals surface area contributed by atoms with Crippen LogP contribution in [0.15, 0.2) is 42.5 Å². The fraction of sp³-hybridized carbons (Fsp3) is 0.333. The van der Waals surface area contributed by atoms with Crippen LogP contribution in [0.4, 0.5) is 11.4 Å². The van der Waals surface area contributed by atoms with Gasteiger partial charge in [0.05, 0.1) is 35.3 Å². The number of anilines is 2. The number of nitrogens with one attached hydrogen (secondary N) is 1. The average molecular weight is 453 g/mol. The summed E-state index contributed by atoms with van der Waals surface area (Å²) >= 11 is 6.09. The number of carbonyl (C=O) groups is 2. The van der Waals surface area contributed by atoms with E-state index in [1.807, 2.05) is 12.1 Å². The standard InChI is InChI=1S/C21H25ClN2O5S/c1-21(2,3)15-7-9-16(10-8-15)24(30(5,27)28)13-19(25)23-18-12-14(20(26)29-4)6-11-17(18)22/h6-12H,13H2,1-5H3,(H,23,25). The van der Waals surface area contributed by atoms with E-state index in [-0.39, 0.29) is 21.7 Å². The van der Waals surface area contributed by atoms with Gasteiger partial charge in [0, 0.05) is 0 Å². The Kier molecular flexibility index (Phi) is 7.15. The van der Waals surface area contributed by atoms with E-state index in [1.165, 1.54) is 25.3 Å². The number of sulfonamides is 1. The fourth-order valence-corrected chi connectivity index (χ4v) is 3.73. The number of benzene rings is 2. The Morgan fingerprint density at radius 3 is 2.20 bits per heavy atom. The smallest absolute Gasteiger partial charge is 0.337 e. The molecule has 0 saturated heterocycles. The first kappa shape index (κ1) is 23.7. The SMILES string of the molecule is COC(=O)c1ccc(Cl)c(NC(=O)CN(c2ccc(C(C)(C)C)cc2)S(C)(=O)=O)c1. The number of amides is 1. The lowest BCUT2D eigenvalue weighted by Gasteiger charge is -2.24. The molecule has 30 heavy (non-hydrogen) atoms. The van der Waals surface area contributed by atoms with Gasteiger partial charge in [-0.3, -0.25) is 9.10 Å². The predicted octanol–water partition coefficient (Wildman–Crippen LogP) is 3.83. The molecule has 0 atom stereocenters. The van der Waals surface area contributed by atoms with Gasteiger partial charge in [0.2, 0.25) is 15.9 Å². The highest BCUT2D eigenvalue weighted by atomic mass is 35.5. The molecule has 2 aromatic rings. The molecule has 0 unspecified atom stereocenters. The summed E-state index contributed by atoms with van der Waals surface area (Å²) in [6.45, 7) is 5.70. The molecule has 0 spiro atoms. The summed E-state index contributed by atoms with van der Waals surface area (Å²) in [6, 6.07) is 11.3. The highest BCUT2D eigenvalue weighted by Gasteiger charge is 2.22. The van der Waals surface area contributed by atoms with Crippen molar-refractivity contribution in [2.24, 2.45) is 0 Å². The third-order valence-electron chi connectivity index (χ3n) is 4.37. The van der Waals surface area contributed by atoms with E-state index in [2.05, 4.69) is 30.8 Å². The molecule has 7 nitrogen and oxygen atoms in total. The zero-order chi connectivity index (χ0) is 22.7. The van der Waals surface area contributed by atoms with Crippen molar-refractivity contribution >= 4 is 44.9 Å². The van der Waals surface area contributed by atoms with E-state index in [9.17, 15) is 18.0 Å². The largest absolute Gasteiger partial charge is 0.465 e. The number of hydrogen-bond acceptors (Lipinski definition) is 5. The van der Waals surface area contributed by atoms with Crippen LogP contribution >= 0.6 is 11.6 Å². The Morgan fingerprint density at radius 1 is 1.10 bits per heavy atom. The summed E-state index contributed by atoms with van der Waals surface area (Å²) in [7, 11) is -2.48. The van der Waals surface area contributed by atoms with E-state index in [0.29, 0.717) is 5.69 Å². The zero-order valence-electron chi connectivity index (χ0n) is 17.5. The molecule has 0 radical (unpaired) electrons. The Bertz CT molecular complexity index is 1040. The van der Waals surface area contributed by atoms with E-state index in [0.717, 1.165) is 16.1 Å². The number of esters is 1. The van der Waals surface area contributed by atoms with E-state index in [1.54, 1.807) is 12.1 Å². The van der Waals surface area contributed by atoms with Crippen molar-refractivity contribution in [1.82, 2.24) is 0 Å². The normalized spacial score (nSPS) is 11.7. The van der Waals surface area contributed by atoms with Crippen molar-refractivity contribution in [3.63, 3.8) is 0 Å². The fourth-order valence-electron chi connectivity index (χ4n) is 2.71. The van der Waals surface area contributed by atoms with Crippen LogP contribution < -0.4 is 9.62 Å². The Hall–Kier alpha value is -2.58. The molecule has 0 bridgehead atoms. The van der Waals surface area contributed by atoms with Crippen molar-refractivity contribution in [3.05, 3.63) is 58.6 Å². The number of rotatable bonds is 6. The quantitative estimate of drug-likeness (QED) is 0.672.